The Hall–Kier alpha value is -3.67. The van der Waals surface area contributed by atoms with E-state index in [9.17, 15) is 4.79 Å². The van der Waals surface area contributed by atoms with E-state index >= 15 is 0 Å². The second-order valence-electron chi connectivity index (χ2n) is 9.74. The predicted octanol–water partition coefficient (Wildman–Crippen LogP) is 6.69. The average Bonchev–Trinajstić information content (AvgIpc) is 3.64. The highest BCUT2D eigenvalue weighted by Crippen LogP contribution is 2.35. The van der Waals surface area contributed by atoms with E-state index in [1.165, 1.54) is 27.6 Å². The lowest BCUT2D eigenvalue weighted by Gasteiger charge is -2.40. The molecule has 0 radical (unpaired) electrons. The number of para-hydroxylation sites is 1. The van der Waals surface area contributed by atoms with Gasteiger partial charge in [0.1, 0.15) is 0 Å². The van der Waals surface area contributed by atoms with Gasteiger partial charge in [0.2, 0.25) is 5.91 Å². The highest BCUT2D eigenvalue weighted by molar-refractivity contribution is 7.08. The second-order valence-corrected chi connectivity index (χ2v) is 10.5. The number of aromatic nitrogens is 1. The molecule has 0 bridgehead atoms. The molecule has 3 aromatic carbocycles. The fourth-order valence-corrected chi connectivity index (χ4v) is 6.40. The third-order valence-electron chi connectivity index (χ3n) is 7.58. The maximum Gasteiger partial charge on any atom is 0.223 e. The fraction of sp³-hybridized carbons (Fsp3) is 0.219. The molecule has 37 heavy (non-hydrogen) atoms. The molecule has 1 N–H and O–H groups in total. The van der Waals surface area contributed by atoms with Gasteiger partial charge >= 0.3 is 0 Å². The Morgan fingerprint density at radius 1 is 0.784 bits per heavy atom. The minimum absolute atomic E-state index is 0.0503. The van der Waals surface area contributed by atoms with Crippen molar-refractivity contribution in [1.82, 2.24) is 14.8 Å². The van der Waals surface area contributed by atoms with Crippen LogP contribution in [0.3, 0.4) is 0 Å². The molecule has 1 atom stereocenters. The van der Waals surface area contributed by atoms with Gasteiger partial charge in [0, 0.05) is 55.6 Å². The number of aromatic amines is 1. The third-order valence-corrected chi connectivity index (χ3v) is 8.29. The summed E-state index contributed by atoms with van der Waals surface area (Å²) in [5.41, 5.74) is 6.13. The van der Waals surface area contributed by atoms with E-state index < -0.39 is 0 Å². The van der Waals surface area contributed by atoms with E-state index in [0.29, 0.717) is 6.42 Å². The molecule has 3 heterocycles. The normalized spacial score (nSPS) is 15.3. The highest BCUT2D eigenvalue weighted by atomic mass is 32.1. The fourth-order valence-electron chi connectivity index (χ4n) is 5.68. The molecule has 2 aromatic heterocycles. The van der Waals surface area contributed by atoms with Gasteiger partial charge in [-0.2, -0.15) is 11.3 Å². The van der Waals surface area contributed by atoms with E-state index in [1.54, 1.807) is 11.3 Å². The molecule has 5 heteroatoms. The zero-order chi connectivity index (χ0) is 25.0. The Balaban J connectivity index is 1.19. The summed E-state index contributed by atoms with van der Waals surface area (Å²) in [6.07, 6.45) is 2.57. The summed E-state index contributed by atoms with van der Waals surface area (Å²) < 4.78 is 0. The number of hydrogen-bond donors (Lipinski definition) is 1. The van der Waals surface area contributed by atoms with Crippen molar-refractivity contribution in [3.8, 4) is 0 Å². The standard InChI is InChI=1S/C32H31N3OS/c36-31(21-28(26-15-20-37-23-26)29-22-33-30-14-8-7-13-27(29)30)34-16-18-35(19-17-34)32(24-9-3-1-4-10-24)25-11-5-2-6-12-25/h1-15,20,22-23,28,32-33H,16-19,21H2. The number of benzene rings is 3. The molecule has 1 unspecified atom stereocenters. The van der Waals surface area contributed by atoms with E-state index in [1.807, 2.05) is 6.07 Å². The van der Waals surface area contributed by atoms with Crippen LogP contribution < -0.4 is 0 Å². The van der Waals surface area contributed by atoms with Gasteiger partial charge in [-0.25, -0.2) is 0 Å². The lowest BCUT2D eigenvalue weighted by atomic mass is 9.89. The summed E-state index contributed by atoms with van der Waals surface area (Å²) in [6.45, 7) is 3.21. The number of nitrogens with one attached hydrogen (secondary N) is 1. The van der Waals surface area contributed by atoms with Crippen LogP contribution in [0.2, 0.25) is 0 Å². The molecule has 1 fully saturated rings. The first-order valence-corrected chi connectivity index (χ1v) is 13.9. The maximum atomic E-state index is 13.7. The summed E-state index contributed by atoms with van der Waals surface area (Å²) in [7, 11) is 0. The van der Waals surface area contributed by atoms with Crippen molar-refractivity contribution in [2.45, 2.75) is 18.4 Å². The smallest absolute Gasteiger partial charge is 0.223 e. The number of carbonyl (C=O) groups is 1. The van der Waals surface area contributed by atoms with E-state index in [2.05, 4.69) is 117 Å². The van der Waals surface area contributed by atoms with Crippen molar-refractivity contribution in [1.29, 1.82) is 0 Å². The lowest BCUT2D eigenvalue weighted by molar-refractivity contribution is -0.133. The highest BCUT2D eigenvalue weighted by Gasteiger charge is 2.30. The quantitative estimate of drug-likeness (QED) is 0.268. The Kier molecular flexibility index (Phi) is 6.89. The van der Waals surface area contributed by atoms with Crippen molar-refractivity contribution in [2.24, 2.45) is 0 Å². The number of carbonyl (C=O) groups excluding carboxylic acids is 1. The van der Waals surface area contributed by atoms with E-state index in [-0.39, 0.29) is 17.9 Å². The van der Waals surface area contributed by atoms with Crippen molar-refractivity contribution in [3.63, 3.8) is 0 Å². The first-order chi connectivity index (χ1) is 18.3. The molecule has 4 nitrogen and oxygen atoms in total. The molecule has 0 spiro atoms. The first-order valence-electron chi connectivity index (χ1n) is 13.0. The molecule has 186 valence electrons. The van der Waals surface area contributed by atoms with Gasteiger partial charge in [-0.3, -0.25) is 9.69 Å². The third kappa shape index (κ3) is 4.97. The Bertz CT molecular complexity index is 1400. The van der Waals surface area contributed by atoms with Gasteiger partial charge in [0.15, 0.2) is 0 Å². The van der Waals surface area contributed by atoms with E-state index in [4.69, 9.17) is 0 Å². The largest absolute Gasteiger partial charge is 0.361 e. The number of piperazine rings is 1. The summed E-state index contributed by atoms with van der Waals surface area (Å²) in [4.78, 5) is 21.6. The summed E-state index contributed by atoms with van der Waals surface area (Å²) in [5, 5.41) is 5.49. The van der Waals surface area contributed by atoms with Gasteiger partial charge in [-0.1, -0.05) is 78.9 Å². The zero-order valence-corrected chi connectivity index (χ0v) is 21.6. The van der Waals surface area contributed by atoms with Crippen LogP contribution in [0.5, 0.6) is 0 Å². The van der Waals surface area contributed by atoms with Crippen LogP contribution in [0, 0.1) is 0 Å². The minimum Gasteiger partial charge on any atom is -0.361 e. The topological polar surface area (TPSA) is 39.3 Å². The number of nitrogens with zero attached hydrogens (tertiary/aromatic N) is 2. The van der Waals surface area contributed by atoms with Crippen LogP contribution in [0.15, 0.2) is 108 Å². The average molecular weight is 506 g/mol. The molecule has 1 saturated heterocycles. The van der Waals surface area contributed by atoms with Crippen LogP contribution >= 0.6 is 11.3 Å². The molecule has 1 amide bonds. The van der Waals surface area contributed by atoms with Crippen LogP contribution in [-0.4, -0.2) is 46.9 Å². The van der Waals surface area contributed by atoms with Crippen molar-refractivity contribution in [3.05, 3.63) is 130 Å². The van der Waals surface area contributed by atoms with Crippen molar-refractivity contribution in [2.75, 3.05) is 26.2 Å². The SMILES string of the molecule is O=C(CC(c1ccsc1)c1c[nH]c2ccccc12)N1CCN(C(c2ccccc2)c2ccccc2)CC1. The second kappa shape index (κ2) is 10.8. The van der Waals surface area contributed by atoms with Crippen LogP contribution in [-0.2, 0) is 4.79 Å². The number of thiophene rings is 1. The molecular weight excluding hydrogens is 474 g/mol. The molecule has 5 aromatic rings. The van der Waals surface area contributed by atoms with Crippen molar-refractivity contribution < 1.29 is 4.79 Å². The molecule has 1 aliphatic heterocycles. The number of hydrogen-bond acceptors (Lipinski definition) is 3. The van der Waals surface area contributed by atoms with Crippen LogP contribution in [0.4, 0.5) is 0 Å². The number of H-pyrrole nitrogens is 1. The van der Waals surface area contributed by atoms with Crippen LogP contribution in [0.1, 0.15) is 40.6 Å². The molecule has 1 aliphatic rings. The summed E-state index contributed by atoms with van der Waals surface area (Å²) in [5.74, 6) is 0.284. The van der Waals surface area contributed by atoms with Gasteiger partial charge in [-0.15, -0.1) is 0 Å². The number of amides is 1. The monoisotopic (exact) mass is 505 g/mol. The first kappa shape index (κ1) is 23.7. The Labute approximate surface area is 222 Å². The number of rotatable bonds is 7. The lowest BCUT2D eigenvalue weighted by Crippen LogP contribution is -2.50. The predicted molar refractivity (Wildman–Crippen MR) is 152 cm³/mol. The minimum atomic E-state index is 0.0503. The molecule has 6 rings (SSSR count). The summed E-state index contributed by atoms with van der Waals surface area (Å²) in [6, 6.07) is 32.1. The van der Waals surface area contributed by atoms with E-state index in [0.717, 1.165) is 31.7 Å². The molecular formula is C32H31N3OS. The number of fused-ring (bicyclic) bond motifs is 1. The van der Waals surface area contributed by atoms with Crippen LogP contribution in [0.25, 0.3) is 10.9 Å². The van der Waals surface area contributed by atoms with Gasteiger partial charge in [0.25, 0.3) is 0 Å². The Morgan fingerprint density at radius 2 is 1.43 bits per heavy atom. The molecule has 0 aliphatic carbocycles. The van der Waals surface area contributed by atoms with Gasteiger partial charge in [0.05, 0.1) is 6.04 Å². The Morgan fingerprint density at radius 3 is 2.08 bits per heavy atom. The van der Waals surface area contributed by atoms with Gasteiger partial charge in [-0.05, 0) is 45.1 Å². The maximum absolute atomic E-state index is 13.7. The summed E-state index contributed by atoms with van der Waals surface area (Å²) >= 11 is 1.69. The molecule has 0 saturated carbocycles. The van der Waals surface area contributed by atoms with Gasteiger partial charge < -0.3 is 9.88 Å². The van der Waals surface area contributed by atoms with Crippen molar-refractivity contribution >= 4 is 28.1 Å². The zero-order valence-electron chi connectivity index (χ0n) is 20.8.